The Balaban J connectivity index is 1.46. The highest BCUT2D eigenvalue weighted by Gasteiger charge is 2.61. The predicted octanol–water partition coefficient (Wildman–Crippen LogP) is 4.38. The molecule has 1 aliphatic heterocycles. The smallest absolute Gasteiger partial charge is 0.254 e. The highest BCUT2D eigenvalue weighted by Crippen LogP contribution is 2.60. The molecule has 0 unspecified atom stereocenters. The molecule has 0 aromatic heterocycles. The molecule has 5 nitrogen and oxygen atoms in total. The summed E-state index contributed by atoms with van der Waals surface area (Å²) in [6, 6.07) is 21.2. The van der Waals surface area contributed by atoms with Crippen molar-refractivity contribution in [1.82, 2.24) is 5.01 Å². The number of nitrogens with zero attached hydrogens (tertiary/aromatic N) is 2. The van der Waals surface area contributed by atoms with E-state index in [9.17, 15) is 14.7 Å². The molecule has 0 saturated carbocycles. The third-order valence-electron chi connectivity index (χ3n) is 6.73. The predicted molar refractivity (Wildman–Crippen MR) is 119 cm³/mol. The summed E-state index contributed by atoms with van der Waals surface area (Å²) in [6.45, 7) is 0. The number of hydrazone groups is 1. The molecule has 2 atom stereocenters. The van der Waals surface area contributed by atoms with Gasteiger partial charge in [-0.1, -0.05) is 64.5 Å². The van der Waals surface area contributed by atoms with E-state index in [0.717, 1.165) is 31.7 Å². The highest BCUT2D eigenvalue weighted by molar-refractivity contribution is 9.10. The number of phenols is 1. The Bertz CT molecular complexity index is 1190. The van der Waals surface area contributed by atoms with E-state index < -0.39 is 11.8 Å². The number of phenolic OH excluding ortho intramolecular Hbond substituents is 1. The summed E-state index contributed by atoms with van der Waals surface area (Å²) in [5.41, 5.74) is 4.95. The van der Waals surface area contributed by atoms with Crippen molar-refractivity contribution < 1.29 is 14.7 Å². The molecular formula is C25H17BrN2O3. The van der Waals surface area contributed by atoms with E-state index in [1.165, 1.54) is 12.3 Å². The van der Waals surface area contributed by atoms with Crippen molar-refractivity contribution in [3.8, 4) is 5.75 Å². The number of rotatable bonds is 2. The molecule has 1 N–H and O–H groups in total. The standard InChI is InChI=1S/C25H17BrN2O3/c26-14-9-10-19(29)13(11-14)12-27-28-24(30)22-20-15-5-1-2-6-16(15)21(23(22)25(28)31)18-8-4-3-7-17(18)20/h1-12,20-23,29H/b27-12-/t20?,21?,22-,23-/m0/s1. The van der Waals surface area contributed by atoms with Crippen LogP contribution in [0.2, 0.25) is 0 Å². The summed E-state index contributed by atoms with van der Waals surface area (Å²) < 4.78 is 0.767. The molecule has 152 valence electrons. The Labute approximate surface area is 187 Å². The summed E-state index contributed by atoms with van der Waals surface area (Å²) in [4.78, 5) is 26.9. The van der Waals surface area contributed by atoms with Crippen LogP contribution in [0.3, 0.4) is 0 Å². The lowest BCUT2D eigenvalue weighted by molar-refractivity contribution is -0.139. The normalized spacial score (nSPS) is 25.6. The lowest BCUT2D eigenvalue weighted by Gasteiger charge is -2.45. The summed E-state index contributed by atoms with van der Waals surface area (Å²) in [5.74, 6) is -1.76. The highest BCUT2D eigenvalue weighted by atomic mass is 79.9. The number of hydrogen-bond acceptors (Lipinski definition) is 4. The number of amides is 2. The molecule has 1 heterocycles. The maximum absolute atomic E-state index is 13.5. The van der Waals surface area contributed by atoms with Crippen LogP contribution in [-0.4, -0.2) is 28.1 Å². The lowest BCUT2D eigenvalue weighted by atomic mass is 9.55. The van der Waals surface area contributed by atoms with Crippen LogP contribution in [0.5, 0.6) is 5.75 Å². The molecule has 6 heteroatoms. The number of carbonyl (C=O) groups excluding carboxylic acids is 2. The molecule has 1 saturated heterocycles. The van der Waals surface area contributed by atoms with Crippen LogP contribution in [0.4, 0.5) is 0 Å². The second-order valence-electron chi connectivity index (χ2n) is 8.20. The first-order valence-electron chi connectivity index (χ1n) is 10.1. The Hall–Kier alpha value is -3.25. The van der Waals surface area contributed by atoms with Gasteiger partial charge < -0.3 is 5.11 Å². The van der Waals surface area contributed by atoms with Crippen LogP contribution >= 0.6 is 15.9 Å². The maximum atomic E-state index is 13.5. The average Bonchev–Trinajstić information content (AvgIpc) is 3.05. The van der Waals surface area contributed by atoms with Crippen molar-refractivity contribution in [1.29, 1.82) is 0 Å². The molecule has 31 heavy (non-hydrogen) atoms. The van der Waals surface area contributed by atoms with Gasteiger partial charge in [0, 0.05) is 21.9 Å². The maximum Gasteiger partial charge on any atom is 0.254 e. The lowest BCUT2D eigenvalue weighted by Crippen LogP contribution is -2.41. The van der Waals surface area contributed by atoms with Gasteiger partial charge in [-0.15, -0.1) is 0 Å². The minimum absolute atomic E-state index is 0.0309. The molecule has 7 rings (SSSR count). The second-order valence-corrected chi connectivity index (χ2v) is 9.12. The Kier molecular flexibility index (Phi) is 3.96. The fourth-order valence-corrected chi connectivity index (χ4v) is 5.90. The first kappa shape index (κ1) is 18.5. The second kappa shape index (κ2) is 6.62. The molecule has 0 radical (unpaired) electrons. The van der Waals surface area contributed by atoms with Gasteiger partial charge in [-0.05, 0) is 40.5 Å². The van der Waals surface area contributed by atoms with E-state index >= 15 is 0 Å². The number of aromatic hydroxyl groups is 1. The zero-order valence-corrected chi connectivity index (χ0v) is 17.9. The minimum Gasteiger partial charge on any atom is -0.507 e. The molecule has 3 aromatic carbocycles. The molecule has 4 aliphatic rings. The van der Waals surface area contributed by atoms with Gasteiger partial charge in [0.15, 0.2) is 0 Å². The van der Waals surface area contributed by atoms with Gasteiger partial charge in [0.25, 0.3) is 11.8 Å². The Morgan fingerprint density at radius 2 is 1.29 bits per heavy atom. The fourth-order valence-electron chi connectivity index (χ4n) is 5.52. The van der Waals surface area contributed by atoms with Crippen LogP contribution in [0.25, 0.3) is 0 Å². The molecule has 3 aromatic rings. The Morgan fingerprint density at radius 3 is 1.77 bits per heavy atom. The molecule has 3 aliphatic carbocycles. The third kappa shape index (κ3) is 2.51. The monoisotopic (exact) mass is 472 g/mol. The molecule has 1 fully saturated rings. The first-order valence-corrected chi connectivity index (χ1v) is 10.9. The third-order valence-corrected chi connectivity index (χ3v) is 7.22. The molecule has 2 amide bonds. The molecule has 0 spiro atoms. The van der Waals surface area contributed by atoms with Crippen LogP contribution in [0.1, 0.15) is 39.7 Å². The van der Waals surface area contributed by atoms with Gasteiger partial charge >= 0.3 is 0 Å². The van der Waals surface area contributed by atoms with Crippen molar-refractivity contribution in [3.05, 3.63) is 99.0 Å². The number of hydrogen-bond donors (Lipinski definition) is 1. The van der Waals surface area contributed by atoms with Crippen LogP contribution < -0.4 is 0 Å². The zero-order chi connectivity index (χ0) is 21.3. The van der Waals surface area contributed by atoms with E-state index in [1.54, 1.807) is 12.1 Å². The summed E-state index contributed by atoms with van der Waals surface area (Å²) >= 11 is 3.36. The van der Waals surface area contributed by atoms with E-state index in [-0.39, 0.29) is 29.4 Å². The van der Waals surface area contributed by atoms with Gasteiger partial charge in [0.05, 0.1) is 18.1 Å². The summed E-state index contributed by atoms with van der Waals surface area (Å²) in [6.07, 6.45) is 1.37. The zero-order valence-electron chi connectivity index (χ0n) is 16.3. The Morgan fingerprint density at radius 1 is 0.806 bits per heavy atom. The largest absolute Gasteiger partial charge is 0.507 e. The fraction of sp³-hybridized carbons (Fsp3) is 0.160. The van der Waals surface area contributed by atoms with Crippen molar-refractivity contribution >= 4 is 34.0 Å². The van der Waals surface area contributed by atoms with Crippen molar-refractivity contribution in [2.45, 2.75) is 11.8 Å². The number of benzene rings is 3. The van der Waals surface area contributed by atoms with Gasteiger partial charge in [-0.3, -0.25) is 9.59 Å². The van der Waals surface area contributed by atoms with E-state index in [0.29, 0.717) is 5.56 Å². The number of imide groups is 1. The molecular weight excluding hydrogens is 456 g/mol. The van der Waals surface area contributed by atoms with Gasteiger partial charge in [0.1, 0.15) is 5.75 Å². The van der Waals surface area contributed by atoms with E-state index in [1.807, 2.05) is 24.3 Å². The topological polar surface area (TPSA) is 70.0 Å². The summed E-state index contributed by atoms with van der Waals surface area (Å²) in [7, 11) is 0. The van der Waals surface area contributed by atoms with Crippen LogP contribution in [-0.2, 0) is 9.59 Å². The SMILES string of the molecule is O=C1[C@H]2C3c4ccccc4C(c4ccccc43)[C@@H]2C(=O)N1/N=C\c1cc(Br)ccc1O. The van der Waals surface area contributed by atoms with Gasteiger partial charge in [0.2, 0.25) is 0 Å². The van der Waals surface area contributed by atoms with Crippen molar-refractivity contribution in [3.63, 3.8) is 0 Å². The van der Waals surface area contributed by atoms with E-state index in [4.69, 9.17) is 0 Å². The van der Waals surface area contributed by atoms with Gasteiger partial charge in [-0.2, -0.15) is 10.1 Å². The van der Waals surface area contributed by atoms with Gasteiger partial charge in [-0.25, -0.2) is 0 Å². The molecule has 2 bridgehead atoms. The van der Waals surface area contributed by atoms with Crippen LogP contribution in [0.15, 0.2) is 76.3 Å². The number of halogens is 1. The van der Waals surface area contributed by atoms with Crippen LogP contribution in [0, 0.1) is 11.8 Å². The van der Waals surface area contributed by atoms with Crippen molar-refractivity contribution in [2.75, 3.05) is 0 Å². The first-order chi connectivity index (χ1) is 15.1. The quantitative estimate of drug-likeness (QED) is 0.444. The van der Waals surface area contributed by atoms with E-state index in [2.05, 4.69) is 45.3 Å². The number of carbonyl (C=O) groups is 2. The van der Waals surface area contributed by atoms with Crippen molar-refractivity contribution in [2.24, 2.45) is 16.9 Å². The summed E-state index contributed by atoms with van der Waals surface area (Å²) in [5, 5.41) is 15.3. The minimum atomic E-state index is -0.462. The average molecular weight is 473 g/mol.